The fourth-order valence-corrected chi connectivity index (χ4v) is 3.96. The van der Waals surface area contributed by atoms with Crippen LogP contribution >= 0.6 is 0 Å². The summed E-state index contributed by atoms with van der Waals surface area (Å²) in [4.78, 5) is 4.71. The molecule has 0 bridgehead atoms. The molecule has 0 unspecified atom stereocenters. The Hall–Kier alpha value is -1.96. The van der Waals surface area contributed by atoms with Crippen molar-refractivity contribution >= 4 is 17.1 Å². The van der Waals surface area contributed by atoms with Crippen molar-refractivity contribution in [1.82, 2.24) is 0 Å². The van der Waals surface area contributed by atoms with Crippen molar-refractivity contribution in [3.05, 3.63) is 54.1 Å². The van der Waals surface area contributed by atoms with Crippen molar-refractivity contribution in [2.75, 3.05) is 23.5 Å². The summed E-state index contributed by atoms with van der Waals surface area (Å²) < 4.78 is 0. The molecule has 2 heteroatoms. The normalized spacial score (nSPS) is 18.6. The van der Waals surface area contributed by atoms with E-state index in [1.807, 2.05) is 0 Å². The molecule has 2 aromatic rings. The van der Waals surface area contributed by atoms with Crippen LogP contribution < -0.4 is 9.80 Å². The van der Waals surface area contributed by atoms with Gasteiger partial charge in [-0.2, -0.15) is 0 Å². The number of fused-ring (bicyclic) bond motifs is 1. The maximum absolute atomic E-state index is 2.40. The van der Waals surface area contributed by atoms with Crippen molar-refractivity contribution in [3.8, 4) is 0 Å². The molecule has 2 aromatic carbocycles. The average molecular weight is 292 g/mol. The summed E-state index contributed by atoms with van der Waals surface area (Å²) in [5.74, 6) is 0.788. The molecular weight excluding hydrogens is 268 g/mol. The third-order valence-electron chi connectivity index (χ3n) is 5.22. The maximum atomic E-state index is 2.40. The number of hydrogen-bond acceptors (Lipinski definition) is 2. The molecule has 0 amide bonds. The lowest BCUT2D eigenvalue weighted by Gasteiger charge is -2.24. The summed E-state index contributed by atoms with van der Waals surface area (Å²) in [5.41, 5.74) is 5.47. The molecule has 114 valence electrons. The van der Waals surface area contributed by atoms with Crippen molar-refractivity contribution < 1.29 is 0 Å². The van der Waals surface area contributed by atoms with Crippen LogP contribution in [-0.4, -0.2) is 13.7 Å². The van der Waals surface area contributed by atoms with Gasteiger partial charge in [-0.25, -0.2) is 0 Å². The highest BCUT2D eigenvalue weighted by Crippen LogP contribution is 2.40. The van der Waals surface area contributed by atoms with E-state index in [0.717, 1.165) is 12.6 Å². The Labute approximate surface area is 133 Å². The van der Waals surface area contributed by atoms with E-state index < -0.39 is 0 Å². The summed E-state index contributed by atoms with van der Waals surface area (Å²) in [6, 6.07) is 18.0. The molecule has 2 aliphatic rings. The summed E-state index contributed by atoms with van der Waals surface area (Å²) in [6.45, 7) is 0.933. The van der Waals surface area contributed by atoms with E-state index in [4.69, 9.17) is 0 Å². The van der Waals surface area contributed by atoms with E-state index in [2.05, 4.69) is 65.4 Å². The number of anilines is 3. The van der Waals surface area contributed by atoms with Gasteiger partial charge < -0.3 is 9.80 Å². The zero-order valence-corrected chi connectivity index (χ0v) is 13.3. The summed E-state index contributed by atoms with van der Waals surface area (Å²) in [6.07, 6.45) is 6.96. The molecule has 0 spiro atoms. The minimum atomic E-state index is 0.788. The third-order valence-corrected chi connectivity index (χ3v) is 5.22. The SMILES string of the molecule is CN1CN(c2ccc(C3CCCCC3)cc2)c2ccccc21. The van der Waals surface area contributed by atoms with Gasteiger partial charge in [0.25, 0.3) is 0 Å². The van der Waals surface area contributed by atoms with Crippen LogP contribution in [0.1, 0.15) is 43.6 Å². The lowest BCUT2D eigenvalue weighted by atomic mass is 9.84. The van der Waals surface area contributed by atoms with Crippen LogP contribution in [0.4, 0.5) is 17.1 Å². The standard InChI is InChI=1S/C20H24N2/c1-21-15-22(20-10-6-5-9-19(20)21)18-13-11-17(12-14-18)16-7-3-2-4-8-16/h5-6,9-14,16H,2-4,7-8,15H2,1H3. The molecular formula is C20H24N2. The zero-order valence-electron chi connectivity index (χ0n) is 13.3. The molecule has 0 aromatic heterocycles. The molecule has 1 heterocycles. The first kappa shape index (κ1) is 13.7. The van der Waals surface area contributed by atoms with Gasteiger partial charge in [0, 0.05) is 12.7 Å². The minimum absolute atomic E-state index is 0.788. The highest BCUT2D eigenvalue weighted by Gasteiger charge is 2.24. The number of hydrogen-bond donors (Lipinski definition) is 0. The number of nitrogens with zero attached hydrogens (tertiary/aromatic N) is 2. The Morgan fingerprint density at radius 3 is 2.23 bits per heavy atom. The number of rotatable bonds is 2. The number of benzene rings is 2. The largest absolute Gasteiger partial charge is 0.355 e. The predicted molar refractivity (Wildman–Crippen MR) is 94.1 cm³/mol. The molecule has 4 rings (SSSR count). The molecule has 0 radical (unpaired) electrons. The van der Waals surface area contributed by atoms with Gasteiger partial charge in [0.15, 0.2) is 0 Å². The Bertz CT molecular complexity index is 641. The van der Waals surface area contributed by atoms with E-state index in [-0.39, 0.29) is 0 Å². The van der Waals surface area contributed by atoms with Gasteiger partial charge in [0.05, 0.1) is 18.0 Å². The van der Waals surface area contributed by atoms with Gasteiger partial charge in [0.1, 0.15) is 0 Å². The second-order valence-electron chi connectivity index (χ2n) is 6.68. The van der Waals surface area contributed by atoms with Gasteiger partial charge >= 0.3 is 0 Å². The molecule has 0 N–H and O–H groups in total. The topological polar surface area (TPSA) is 6.48 Å². The van der Waals surface area contributed by atoms with E-state index in [0.29, 0.717) is 0 Å². The van der Waals surface area contributed by atoms with Gasteiger partial charge in [-0.3, -0.25) is 0 Å². The minimum Gasteiger partial charge on any atom is -0.355 e. The molecule has 1 saturated carbocycles. The van der Waals surface area contributed by atoms with E-state index in [1.54, 1.807) is 0 Å². The second kappa shape index (κ2) is 5.68. The van der Waals surface area contributed by atoms with Gasteiger partial charge in [-0.15, -0.1) is 0 Å². The first-order valence-electron chi connectivity index (χ1n) is 8.50. The van der Waals surface area contributed by atoms with Crippen LogP contribution in [0.2, 0.25) is 0 Å². The van der Waals surface area contributed by atoms with Crippen LogP contribution in [0.5, 0.6) is 0 Å². The van der Waals surface area contributed by atoms with E-state index in [9.17, 15) is 0 Å². The smallest absolute Gasteiger partial charge is 0.0950 e. The van der Waals surface area contributed by atoms with Gasteiger partial charge in [0.2, 0.25) is 0 Å². The van der Waals surface area contributed by atoms with Crippen LogP contribution in [0, 0.1) is 0 Å². The molecule has 1 aliphatic heterocycles. The van der Waals surface area contributed by atoms with Crippen molar-refractivity contribution in [3.63, 3.8) is 0 Å². The molecule has 0 saturated heterocycles. The highest BCUT2D eigenvalue weighted by molar-refractivity contribution is 5.81. The van der Waals surface area contributed by atoms with Crippen LogP contribution in [0.15, 0.2) is 48.5 Å². The molecule has 2 nitrogen and oxygen atoms in total. The second-order valence-corrected chi connectivity index (χ2v) is 6.68. The predicted octanol–water partition coefficient (Wildman–Crippen LogP) is 5.28. The Morgan fingerprint density at radius 1 is 0.818 bits per heavy atom. The van der Waals surface area contributed by atoms with Crippen molar-refractivity contribution in [2.45, 2.75) is 38.0 Å². The van der Waals surface area contributed by atoms with Crippen LogP contribution in [0.25, 0.3) is 0 Å². The first-order chi connectivity index (χ1) is 10.8. The summed E-state index contributed by atoms with van der Waals surface area (Å²) in [5, 5.41) is 0. The fraction of sp³-hybridized carbons (Fsp3) is 0.400. The van der Waals surface area contributed by atoms with Gasteiger partial charge in [-0.05, 0) is 48.6 Å². The summed E-state index contributed by atoms with van der Waals surface area (Å²) >= 11 is 0. The summed E-state index contributed by atoms with van der Waals surface area (Å²) in [7, 11) is 2.16. The molecule has 1 aliphatic carbocycles. The lowest BCUT2D eigenvalue weighted by molar-refractivity contribution is 0.443. The molecule has 0 atom stereocenters. The fourth-order valence-electron chi connectivity index (χ4n) is 3.96. The van der Waals surface area contributed by atoms with Crippen molar-refractivity contribution in [2.24, 2.45) is 0 Å². The monoisotopic (exact) mass is 292 g/mol. The Balaban J connectivity index is 1.59. The van der Waals surface area contributed by atoms with Crippen molar-refractivity contribution in [1.29, 1.82) is 0 Å². The number of para-hydroxylation sites is 2. The van der Waals surface area contributed by atoms with E-state index >= 15 is 0 Å². The maximum Gasteiger partial charge on any atom is 0.0950 e. The Morgan fingerprint density at radius 2 is 1.50 bits per heavy atom. The van der Waals surface area contributed by atoms with Gasteiger partial charge in [-0.1, -0.05) is 43.5 Å². The van der Waals surface area contributed by atoms with Crippen LogP contribution in [0.3, 0.4) is 0 Å². The van der Waals surface area contributed by atoms with Crippen LogP contribution in [-0.2, 0) is 0 Å². The quantitative estimate of drug-likeness (QED) is 0.743. The lowest BCUT2D eigenvalue weighted by Crippen LogP contribution is -2.23. The van der Waals surface area contributed by atoms with E-state index in [1.165, 1.54) is 54.7 Å². The third kappa shape index (κ3) is 2.37. The Kier molecular flexibility index (Phi) is 3.53. The highest BCUT2D eigenvalue weighted by atomic mass is 15.4. The molecule has 1 fully saturated rings. The first-order valence-corrected chi connectivity index (χ1v) is 8.50. The zero-order chi connectivity index (χ0) is 14.9. The average Bonchev–Trinajstić information content (AvgIpc) is 2.93. The molecule has 22 heavy (non-hydrogen) atoms.